The van der Waals surface area contributed by atoms with Crippen molar-refractivity contribution in [2.45, 2.75) is 51.2 Å². The molecule has 0 aliphatic heterocycles. The summed E-state index contributed by atoms with van der Waals surface area (Å²) < 4.78 is 5.90. The van der Waals surface area contributed by atoms with Crippen molar-refractivity contribution in [3.05, 3.63) is 16.1 Å². The zero-order valence-electron chi connectivity index (χ0n) is 9.62. The van der Waals surface area contributed by atoms with E-state index in [0.717, 1.165) is 16.6 Å². The molecule has 1 aliphatic rings. The maximum Gasteiger partial charge on any atom is 0.119 e. The van der Waals surface area contributed by atoms with Crippen LogP contribution >= 0.6 is 22.9 Å². The zero-order chi connectivity index (χ0) is 11.4. The molecule has 0 saturated heterocycles. The van der Waals surface area contributed by atoms with Crippen LogP contribution < -0.4 is 0 Å². The molecule has 2 atom stereocenters. The van der Waals surface area contributed by atoms with Crippen molar-refractivity contribution < 1.29 is 4.74 Å². The maximum absolute atomic E-state index is 5.90. The summed E-state index contributed by atoms with van der Waals surface area (Å²) in [6.07, 6.45) is 5.50. The monoisotopic (exact) mass is 259 g/mol. The van der Waals surface area contributed by atoms with Gasteiger partial charge in [0.2, 0.25) is 0 Å². The SMILES string of the molecule is CC1CCCC(OCc2nc(CCl)cs2)C1. The first-order valence-electron chi connectivity index (χ1n) is 5.88. The molecule has 2 unspecified atom stereocenters. The van der Waals surface area contributed by atoms with E-state index in [0.29, 0.717) is 18.6 Å². The number of hydrogen-bond donors (Lipinski definition) is 0. The second kappa shape index (κ2) is 5.99. The molecule has 1 saturated carbocycles. The standard InChI is InChI=1S/C12H18ClNOS/c1-9-3-2-4-11(5-9)15-7-12-14-10(6-13)8-16-12/h8-9,11H,2-7H2,1H3. The van der Waals surface area contributed by atoms with E-state index in [4.69, 9.17) is 16.3 Å². The number of alkyl halides is 1. The third-order valence-corrected chi connectivity index (χ3v) is 4.21. The number of thiazole rings is 1. The van der Waals surface area contributed by atoms with Crippen LogP contribution in [0.3, 0.4) is 0 Å². The predicted octanol–water partition coefficient (Wildman–Crippen LogP) is 3.98. The molecule has 90 valence electrons. The molecule has 0 aromatic carbocycles. The second-order valence-electron chi connectivity index (χ2n) is 4.57. The molecule has 1 fully saturated rings. The largest absolute Gasteiger partial charge is 0.371 e. The molecule has 0 bridgehead atoms. The lowest BCUT2D eigenvalue weighted by atomic mass is 9.89. The molecule has 1 aromatic rings. The molecule has 1 aliphatic carbocycles. The van der Waals surface area contributed by atoms with Crippen molar-refractivity contribution in [2.24, 2.45) is 5.92 Å². The van der Waals surface area contributed by atoms with Gasteiger partial charge < -0.3 is 4.74 Å². The zero-order valence-corrected chi connectivity index (χ0v) is 11.2. The van der Waals surface area contributed by atoms with Gasteiger partial charge in [0.15, 0.2) is 0 Å². The van der Waals surface area contributed by atoms with Gasteiger partial charge in [-0.1, -0.05) is 19.8 Å². The highest BCUT2D eigenvalue weighted by Gasteiger charge is 2.19. The summed E-state index contributed by atoms with van der Waals surface area (Å²) in [6, 6.07) is 0. The topological polar surface area (TPSA) is 22.1 Å². The Morgan fingerprint density at radius 3 is 3.12 bits per heavy atom. The molecule has 0 N–H and O–H groups in total. The van der Waals surface area contributed by atoms with Gasteiger partial charge in [-0.25, -0.2) is 4.98 Å². The minimum absolute atomic E-state index is 0.437. The van der Waals surface area contributed by atoms with Crippen molar-refractivity contribution in [1.82, 2.24) is 4.98 Å². The lowest BCUT2D eigenvalue weighted by Crippen LogP contribution is -2.21. The van der Waals surface area contributed by atoms with Crippen LogP contribution in [0, 0.1) is 5.92 Å². The predicted molar refractivity (Wildman–Crippen MR) is 67.9 cm³/mol. The van der Waals surface area contributed by atoms with Crippen molar-refractivity contribution >= 4 is 22.9 Å². The number of nitrogens with zero attached hydrogens (tertiary/aromatic N) is 1. The van der Waals surface area contributed by atoms with Gasteiger partial charge >= 0.3 is 0 Å². The minimum Gasteiger partial charge on any atom is -0.371 e. The molecule has 16 heavy (non-hydrogen) atoms. The van der Waals surface area contributed by atoms with Crippen molar-refractivity contribution in [3.63, 3.8) is 0 Å². The van der Waals surface area contributed by atoms with Gasteiger partial charge in [0, 0.05) is 5.38 Å². The number of rotatable bonds is 4. The lowest BCUT2D eigenvalue weighted by Gasteiger charge is -2.26. The number of aromatic nitrogens is 1. The minimum atomic E-state index is 0.437. The number of hydrogen-bond acceptors (Lipinski definition) is 3. The van der Waals surface area contributed by atoms with Crippen molar-refractivity contribution in [3.8, 4) is 0 Å². The Balaban J connectivity index is 1.78. The van der Waals surface area contributed by atoms with E-state index in [-0.39, 0.29) is 0 Å². The highest BCUT2D eigenvalue weighted by molar-refractivity contribution is 7.09. The van der Waals surface area contributed by atoms with Crippen LogP contribution in [-0.2, 0) is 17.2 Å². The van der Waals surface area contributed by atoms with Crippen LogP contribution in [0.25, 0.3) is 0 Å². The van der Waals surface area contributed by atoms with E-state index in [1.54, 1.807) is 11.3 Å². The molecule has 1 aromatic heterocycles. The van der Waals surface area contributed by atoms with Crippen LogP contribution in [0.15, 0.2) is 5.38 Å². The van der Waals surface area contributed by atoms with Gasteiger partial charge in [-0.3, -0.25) is 0 Å². The molecule has 0 amide bonds. The second-order valence-corrected chi connectivity index (χ2v) is 5.78. The molecular formula is C12H18ClNOS. The Morgan fingerprint density at radius 2 is 2.44 bits per heavy atom. The van der Waals surface area contributed by atoms with Crippen LogP contribution in [0.2, 0.25) is 0 Å². The van der Waals surface area contributed by atoms with Crippen molar-refractivity contribution in [2.75, 3.05) is 0 Å². The van der Waals surface area contributed by atoms with E-state index < -0.39 is 0 Å². The summed E-state index contributed by atoms with van der Waals surface area (Å²) in [4.78, 5) is 4.39. The number of halogens is 1. The summed E-state index contributed by atoms with van der Waals surface area (Å²) in [5.74, 6) is 1.31. The summed E-state index contributed by atoms with van der Waals surface area (Å²) in [5, 5.41) is 3.06. The van der Waals surface area contributed by atoms with Gasteiger partial charge in [-0.15, -0.1) is 22.9 Å². The third-order valence-electron chi connectivity index (χ3n) is 3.07. The third kappa shape index (κ3) is 3.44. The highest BCUT2D eigenvalue weighted by Crippen LogP contribution is 2.26. The quantitative estimate of drug-likeness (QED) is 0.763. The fourth-order valence-corrected chi connectivity index (χ4v) is 3.14. The van der Waals surface area contributed by atoms with Gasteiger partial charge in [0.1, 0.15) is 5.01 Å². The van der Waals surface area contributed by atoms with Gasteiger partial charge in [0.25, 0.3) is 0 Å². The first kappa shape index (κ1) is 12.3. The highest BCUT2D eigenvalue weighted by atomic mass is 35.5. The summed E-state index contributed by atoms with van der Waals surface area (Å²) in [7, 11) is 0. The Bertz CT molecular complexity index is 329. The molecule has 2 rings (SSSR count). The average Bonchev–Trinajstić information content (AvgIpc) is 2.74. The summed E-state index contributed by atoms with van der Waals surface area (Å²) in [6.45, 7) is 2.96. The Hall–Kier alpha value is -0.120. The maximum atomic E-state index is 5.90. The first-order chi connectivity index (χ1) is 7.78. The van der Waals surface area contributed by atoms with Crippen molar-refractivity contribution in [1.29, 1.82) is 0 Å². The summed E-state index contributed by atoms with van der Waals surface area (Å²) >= 11 is 7.35. The molecule has 2 nitrogen and oxygen atoms in total. The van der Waals surface area contributed by atoms with Gasteiger partial charge in [0.05, 0.1) is 24.3 Å². The smallest absolute Gasteiger partial charge is 0.119 e. The van der Waals surface area contributed by atoms with Gasteiger partial charge in [-0.05, 0) is 18.8 Å². The van der Waals surface area contributed by atoms with Crippen LogP contribution in [-0.4, -0.2) is 11.1 Å². The Labute approximate surface area is 106 Å². The molecule has 0 spiro atoms. The average molecular weight is 260 g/mol. The van der Waals surface area contributed by atoms with E-state index in [1.165, 1.54) is 25.7 Å². The molecule has 0 radical (unpaired) electrons. The fourth-order valence-electron chi connectivity index (χ4n) is 2.20. The van der Waals surface area contributed by atoms with E-state index >= 15 is 0 Å². The number of ether oxygens (including phenoxy) is 1. The van der Waals surface area contributed by atoms with E-state index in [1.807, 2.05) is 5.38 Å². The van der Waals surface area contributed by atoms with Crippen LogP contribution in [0.4, 0.5) is 0 Å². The lowest BCUT2D eigenvalue weighted by molar-refractivity contribution is 0.00457. The molecule has 4 heteroatoms. The van der Waals surface area contributed by atoms with E-state index in [9.17, 15) is 0 Å². The Kier molecular flexibility index (Phi) is 4.62. The summed E-state index contributed by atoms with van der Waals surface area (Å²) in [5.41, 5.74) is 0.960. The normalized spacial score (nSPS) is 25.9. The van der Waals surface area contributed by atoms with Crippen LogP contribution in [0.5, 0.6) is 0 Å². The van der Waals surface area contributed by atoms with E-state index in [2.05, 4.69) is 11.9 Å². The van der Waals surface area contributed by atoms with Gasteiger partial charge in [-0.2, -0.15) is 0 Å². The molecule has 1 heterocycles. The Morgan fingerprint density at radius 1 is 1.56 bits per heavy atom. The van der Waals surface area contributed by atoms with Crippen LogP contribution in [0.1, 0.15) is 43.3 Å². The fraction of sp³-hybridized carbons (Fsp3) is 0.750. The molecular weight excluding hydrogens is 242 g/mol. The first-order valence-corrected chi connectivity index (χ1v) is 7.30.